The Hall–Kier alpha value is -2.68. The number of hydrogen-bond donors (Lipinski definition) is 1. The molecule has 0 radical (unpaired) electrons. The number of halogens is 3. The van der Waals surface area contributed by atoms with E-state index in [1.807, 2.05) is 35.2 Å². The van der Waals surface area contributed by atoms with Crippen LogP contribution in [0.2, 0.25) is 0 Å². The van der Waals surface area contributed by atoms with Crippen LogP contribution in [0.25, 0.3) is 10.9 Å². The highest BCUT2D eigenvalue weighted by Crippen LogP contribution is 2.33. The van der Waals surface area contributed by atoms with Gasteiger partial charge in [0.2, 0.25) is 0 Å². The molecule has 1 amide bonds. The SMILES string of the molecule is C[C@H]1C[C@H]2CN(C(=O)c3ccc4ncccc4c3)CC[C@@H]2O1.O=C(O)C(F)(F)F. The van der Waals surface area contributed by atoms with Crippen LogP contribution in [0.4, 0.5) is 13.2 Å². The van der Waals surface area contributed by atoms with Gasteiger partial charge in [-0.25, -0.2) is 4.79 Å². The molecule has 1 aromatic carbocycles. The number of likely N-dealkylation sites (tertiary alicyclic amines) is 1. The Kier molecular flexibility index (Phi) is 6.07. The zero-order valence-corrected chi connectivity index (χ0v) is 15.7. The zero-order valence-electron chi connectivity index (χ0n) is 15.7. The van der Waals surface area contributed by atoms with Crippen molar-refractivity contribution in [1.29, 1.82) is 0 Å². The maximum atomic E-state index is 12.8. The first-order chi connectivity index (χ1) is 13.6. The van der Waals surface area contributed by atoms with E-state index in [2.05, 4.69) is 11.9 Å². The van der Waals surface area contributed by atoms with Gasteiger partial charge in [0.05, 0.1) is 17.7 Å². The number of benzene rings is 1. The quantitative estimate of drug-likeness (QED) is 0.778. The largest absolute Gasteiger partial charge is 0.490 e. The molecule has 9 heteroatoms. The average molecular weight is 410 g/mol. The first kappa shape index (κ1) is 21.0. The van der Waals surface area contributed by atoms with Crippen molar-refractivity contribution in [2.75, 3.05) is 13.1 Å². The lowest BCUT2D eigenvalue weighted by atomic mass is 9.92. The first-order valence-corrected chi connectivity index (χ1v) is 9.25. The van der Waals surface area contributed by atoms with Crippen molar-refractivity contribution in [3.63, 3.8) is 0 Å². The molecule has 4 rings (SSSR count). The van der Waals surface area contributed by atoms with Gasteiger partial charge >= 0.3 is 12.1 Å². The number of carbonyl (C=O) groups excluding carboxylic acids is 1. The third-order valence-corrected chi connectivity index (χ3v) is 5.09. The van der Waals surface area contributed by atoms with Crippen LogP contribution in [0.3, 0.4) is 0 Å². The summed E-state index contributed by atoms with van der Waals surface area (Å²) < 4.78 is 37.6. The Bertz CT molecular complexity index is 903. The van der Waals surface area contributed by atoms with Crippen molar-refractivity contribution >= 4 is 22.8 Å². The highest BCUT2D eigenvalue weighted by Gasteiger charge is 2.39. The number of carboxylic acids is 1. The van der Waals surface area contributed by atoms with E-state index in [1.165, 1.54) is 0 Å². The number of amides is 1. The molecule has 2 aliphatic rings. The fourth-order valence-electron chi connectivity index (χ4n) is 3.77. The highest BCUT2D eigenvalue weighted by molar-refractivity contribution is 5.98. The Balaban J connectivity index is 0.000000298. The van der Waals surface area contributed by atoms with Gasteiger partial charge in [-0.15, -0.1) is 0 Å². The molecule has 0 saturated carbocycles. The predicted molar refractivity (Wildman–Crippen MR) is 98.4 cm³/mol. The summed E-state index contributed by atoms with van der Waals surface area (Å²) in [4.78, 5) is 28.0. The average Bonchev–Trinajstić information content (AvgIpc) is 3.06. The fraction of sp³-hybridized carbons (Fsp3) is 0.450. The minimum atomic E-state index is -5.08. The molecule has 0 bridgehead atoms. The molecule has 2 aromatic rings. The summed E-state index contributed by atoms with van der Waals surface area (Å²) in [6.07, 6.45) is -0.612. The monoisotopic (exact) mass is 410 g/mol. The van der Waals surface area contributed by atoms with Gasteiger partial charge in [-0.1, -0.05) is 6.07 Å². The van der Waals surface area contributed by atoms with Gasteiger partial charge in [-0.2, -0.15) is 13.2 Å². The second kappa shape index (κ2) is 8.36. The summed E-state index contributed by atoms with van der Waals surface area (Å²) in [6.45, 7) is 3.73. The van der Waals surface area contributed by atoms with Crippen LogP contribution in [0.1, 0.15) is 30.1 Å². The smallest absolute Gasteiger partial charge is 0.475 e. The first-order valence-electron chi connectivity index (χ1n) is 9.25. The Morgan fingerprint density at radius 3 is 2.69 bits per heavy atom. The topological polar surface area (TPSA) is 79.7 Å². The van der Waals surface area contributed by atoms with Crippen LogP contribution in [0.15, 0.2) is 36.5 Å². The van der Waals surface area contributed by atoms with Crippen LogP contribution in [-0.2, 0) is 9.53 Å². The number of aliphatic carboxylic acids is 1. The van der Waals surface area contributed by atoms with Crippen molar-refractivity contribution in [2.45, 2.75) is 38.1 Å². The summed E-state index contributed by atoms with van der Waals surface area (Å²) in [5, 5.41) is 8.14. The van der Waals surface area contributed by atoms with Crippen molar-refractivity contribution in [3.8, 4) is 0 Å². The molecule has 3 atom stereocenters. The standard InChI is InChI=1S/C18H20N2O2.C2HF3O2/c1-12-9-15-11-20(8-6-17(15)22-12)18(21)14-4-5-16-13(10-14)3-2-7-19-16;3-2(4,5)1(6)7/h2-5,7,10,12,15,17H,6,8-9,11H2,1H3;(H,6,7)/t12-,15-,17-;/m0./s1. The summed E-state index contributed by atoms with van der Waals surface area (Å²) in [6, 6.07) is 9.66. The maximum Gasteiger partial charge on any atom is 0.490 e. The number of hydrogen-bond acceptors (Lipinski definition) is 4. The van der Waals surface area contributed by atoms with E-state index in [1.54, 1.807) is 6.20 Å². The van der Waals surface area contributed by atoms with E-state index < -0.39 is 12.1 Å². The van der Waals surface area contributed by atoms with Crippen molar-refractivity contribution in [1.82, 2.24) is 9.88 Å². The Morgan fingerprint density at radius 1 is 1.28 bits per heavy atom. The Labute approximate surface area is 165 Å². The number of carboxylic acid groups (broad SMARTS) is 1. The number of nitrogens with zero attached hydrogens (tertiary/aromatic N) is 2. The molecule has 6 nitrogen and oxygen atoms in total. The van der Waals surface area contributed by atoms with E-state index >= 15 is 0 Å². The Morgan fingerprint density at radius 2 is 2.00 bits per heavy atom. The van der Waals surface area contributed by atoms with Crippen LogP contribution in [0.5, 0.6) is 0 Å². The summed E-state index contributed by atoms with van der Waals surface area (Å²) in [5.41, 5.74) is 1.68. The molecular weight excluding hydrogens is 389 g/mol. The zero-order chi connectivity index (χ0) is 21.2. The van der Waals surface area contributed by atoms with Gasteiger partial charge in [0.25, 0.3) is 5.91 Å². The van der Waals surface area contributed by atoms with Gasteiger partial charge in [0.1, 0.15) is 0 Å². The third-order valence-electron chi connectivity index (χ3n) is 5.09. The molecule has 0 aliphatic carbocycles. The van der Waals surface area contributed by atoms with E-state index in [-0.39, 0.29) is 5.91 Å². The highest BCUT2D eigenvalue weighted by atomic mass is 19.4. The van der Waals surface area contributed by atoms with E-state index in [0.717, 1.165) is 42.4 Å². The normalized spacial score (nSPS) is 23.9. The molecule has 29 heavy (non-hydrogen) atoms. The minimum absolute atomic E-state index is 0.128. The molecule has 1 N–H and O–H groups in total. The molecule has 3 heterocycles. The second-order valence-corrected chi connectivity index (χ2v) is 7.23. The predicted octanol–water partition coefficient (Wildman–Crippen LogP) is 3.51. The molecule has 2 saturated heterocycles. The van der Waals surface area contributed by atoms with Crippen molar-refractivity contribution in [2.24, 2.45) is 5.92 Å². The lowest BCUT2D eigenvalue weighted by Gasteiger charge is -2.34. The van der Waals surface area contributed by atoms with E-state index in [9.17, 15) is 18.0 Å². The van der Waals surface area contributed by atoms with Gasteiger partial charge in [-0.05, 0) is 44.0 Å². The number of piperidine rings is 1. The van der Waals surface area contributed by atoms with Crippen LogP contribution in [-0.4, -0.2) is 58.3 Å². The molecule has 1 aromatic heterocycles. The number of pyridine rings is 1. The number of rotatable bonds is 1. The summed E-state index contributed by atoms with van der Waals surface area (Å²) >= 11 is 0. The number of ether oxygens (including phenoxy) is 1. The number of aromatic nitrogens is 1. The number of fused-ring (bicyclic) bond motifs is 2. The molecular formula is C20H21F3N2O4. The number of alkyl halides is 3. The fourth-order valence-corrected chi connectivity index (χ4v) is 3.77. The van der Waals surface area contributed by atoms with E-state index in [4.69, 9.17) is 14.6 Å². The summed E-state index contributed by atoms with van der Waals surface area (Å²) in [5.74, 6) is -2.13. The van der Waals surface area contributed by atoms with Gasteiger partial charge in [0, 0.05) is 36.2 Å². The second-order valence-electron chi connectivity index (χ2n) is 7.23. The van der Waals surface area contributed by atoms with Gasteiger partial charge in [-0.3, -0.25) is 9.78 Å². The molecule has 156 valence electrons. The third kappa shape index (κ3) is 5.03. The maximum absolute atomic E-state index is 12.8. The molecule has 0 spiro atoms. The van der Waals surface area contributed by atoms with Gasteiger partial charge < -0.3 is 14.7 Å². The van der Waals surface area contributed by atoms with Crippen LogP contribution in [0, 0.1) is 5.92 Å². The van der Waals surface area contributed by atoms with Crippen molar-refractivity contribution in [3.05, 3.63) is 42.1 Å². The van der Waals surface area contributed by atoms with Crippen molar-refractivity contribution < 1.29 is 32.6 Å². The lowest BCUT2D eigenvalue weighted by Crippen LogP contribution is -2.44. The van der Waals surface area contributed by atoms with Gasteiger partial charge in [0.15, 0.2) is 0 Å². The molecule has 0 unspecified atom stereocenters. The summed E-state index contributed by atoms with van der Waals surface area (Å²) in [7, 11) is 0. The minimum Gasteiger partial charge on any atom is -0.475 e. The molecule has 2 fully saturated rings. The van der Waals surface area contributed by atoms with Crippen LogP contribution >= 0.6 is 0 Å². The van der Waals surface area contributed by atoms with Crippen LogP contribution < -0.4 is 0 Å². The molecule has 2 aliphatic heterocycles. The lowest BCUT2D eigenvalue weighted by molar-refractivity contribution is -0.192. The van der Waals surface area contributed by atoms with E-state index in [0.29, 0.717) is 18.1 Å². The number of carbonyl (C=O) groups is 2.